The summed E-state index contributed by atoms with van der Waals surface area (Å²) >= 11 is 0. The number of aliphatic hydroxyl groups is 2. The number of nitrogens with one attached hydrogen (secondary N) is 2. The molecule has 1 saturated heterocycles. The molecular weight excluding hydrogens is 260 g/mol. The Morgan fingerprint density at radius 2 is 1.47 bits per heavy atom. The molecule has 0 aromatic rings. The Labute approximate surface area is 108 Å². The summed E-state index contributed by atoms with van der Waals surface area (Å²) < 4.78 is 4.73. The van der Waals surface area contributed by atoms with Gasteiger partial charge in [0.1, 0.15) is 12.1 Å². The van der Waals surface area contributed by atoms with Crippen LogP contribution in [0.4, 0.5) is 0 Å². The van der Waals surface area contributed by atoms with Crippen LogP contribution in [0.15, 0.2) is 0 Å². The first-order chi connectivity index (χ1) is 8.73. The molecule has 108 valence electrons. The molecule has 9 nitrogen and oxygen atoms in total. The van der Waals surface area contributed by atoms with Crippen LogP contribution in [0.25, 0.3) is 0 Å². The number of carbonyl (C=O) groups is 3. The predicted molar refractivity (Wildman–Crippen MR) is 59.7 cm³/mol. The van der Waals surface area contributed by atoms with Crippen molar-refractivity contribution in [3.05, 3.63) is 0 Å². The number of hydrogen-bond acceptors (Lipinski definition) is 6. The predicted octanol–water partition coefficient (Wildman–Crippen LogP) is -2.84. The van der Waals surface area contributed by atoms with Gasteiger partial charge in [0.25, 0.3) is 0 Å². The molecule has 0 radical (unpaired) electrons. The van der Waals surface area contributed by atoms with Crippen molar-refractivity contribution in [3.63, 3.8) is 0 Å². The summed E-state index contributed by atoms with van der Waals surface area (Å²) in [7, 11) is 0. The first kappa shape index (κ1) is 15.3. The van der Waals surface area contributed by atoms with E-state index in [0.717, 1.165) is 6.92 Å². The first-order valence-electron chi connectivity index (χ1n) is 5.52. The summed E-state index contributed by atoms with van der Waals surface area (Å²) in [5.41, 5.74) is 0. The number of aliphatic hydroxyl groups excluding tert-OH is 2. The molecule has 0 spiro atoms. The van der Waals surface area contributed by atoms with Gasteiger partial charge in [0.2, 0.25) is 11.8 Å². The van der Waals surface area contributed by atoms with E-state index in [0.29, 0.717) is 0 Å². The van der Waals surface area contributed by atoms with E-state index in [9.17, 15) is 24.6 Å². The Bertz CT molecular complexity index is 386. The molecule has 1 heterocycles. The number of carboxylic acid groups (broad SMARTS) is 1. The van der Waals surface area contributed by atoms with E-state index in [-0.39, 0.29) is 0 Å². The second kappa shape index (κ2) is 5.95. The molecule has 1 aliphatic heterocycles. The summed E-state index contributed by atoms with van der Waals surface area (Å²) in [4.78, 5) is 33.0. The van der Waals surface area contributed by atoms with E-state index in [1.807, 2.05) is 0 Å². The topological polar surface area (TPSA) is 145 Å². The number of carboxylic acids is 1. The van der Waals surface area contributed by atoms with Gasteiger partial charge in [-0.15, -0.1) is 0 Å². The summed E-state index contributed by atoms with van der Waals surface area (Å²) in [5, 5.41) is 33.0. The van der Waals surface area contributed by atoms with Gasteiger partial charge in [-0.05, 0) is 0 Å². The molecule has 1 rings (SSSR count). The number of aliphatic carboxylic acids is 1. The second-order valence-corrected chi connectivity index (χ2v) is 4.23. The fraction of sp³-hybridized carbons (Fsp3) is 0.700. The molecule has 0 unspecified atom stereocenters. The maximum absolute atomic E-state index is 11.1. The largest absolute Gasteiger partial charge is 0.479 e. The standard InChI is InChI=1S/C10H16N2O7/c1-3(13)11-5-6(12-4(2)14)10(18)19-8(7(5)15)9(16)17/h5-8,10,15,18H,1-2H3,(H,11,13)(H,12,14)(H,16,17)/t5-,6-,7-,8+,10+/m1/s1. The highest BCUT2D eigenvalue weighted by molar-refractivity contribution is 5.77. The number of rotatable bonds is 3. The highest BCUT2D eigenvalue weighted by Gasteiger charge is 2.48. The summed E-state index contributed by atoms with van der Waals surface area (Å²) in [6, 6.07) is -2.32. The lowest BCUT2D eigenvalue weighted by Crippen LogP contribution is -2.69. The number of hydrogen-bond donors (Lipinski definition) is 5. The van der Waals surface area contributed by atoms with Crippen LogP contribution in [-0.2, 0) is 19.1 Å². The Morgan fingerprint density at radius 3 is 1.89 bits per heavy atom. The quantitative estimate of drug-likeness (QED) is 0.373. The molecule has 0 aromatic carbocycles. The summed E-state index contributed by atoms with van der Waals surface area (Å²) in [6.07, 6.45) is -4.97. The van der Waals surface area contributed by atoms with Crippen molar-refractivity contribution in [1.29, 1.82) is 0 Å². The lowest BCUT2D eigenvalue weighted by atomic mass is 9.93. The lowest BCUT2D eigenvalue weighted by molar-refractivity contribution is -0.229. The zero-order chi connectivity index (χ0) is 14.7. The summed E-state index contributed by atoms with van der Waals surface area (Å²) in [5.74, 6) is -2.55. The van der Waals surface area contributed by atoms with Crippen molar-refractivity contribution in [2.45, 2.75) is 44.4 Å². The van der Waals surface area contributed by atoms with E-state index < -0.39 is 48.4 Å². The van der Waals surface area contributed by atoms with Gasteiger partial charge in [0, 0.05) is 13.8 Å². The molecule has 0 aliphatic carbocycles. The van der Waals surface area contributed by atoms with Crippen LogP contribution in [0.5, 0.6) is 0 Å². The van der Waals surface area contributed by atoms with Crippen molar-refractivity contribution in [3.8, 4) is 0 Å². The number of ether oxygens (including phenoxy) is 1. The Hall–Kier alpha value is -1.71. The van der Waals surface area contributed by atoms with Crippen LogP contribution in [0.3, 0.4) is 0 Å². The third-order valence-electron chi connectivity index (χ3n) is 2.64. The molecule has 9 heteroatoms. The number of carbonyl (C=O) groups excluding carboxylic acids is 2. The zero-order valence-electron chi connectivity index (χ0n) is 10.4. The van der Waals surface area contributed by atoms with Crippen molar-refractivity contribution >= 4 is 17.8 Å². The van der Waals surface area contributed by atoms with Crippen molar-refractivity contribution in [2.24, 2.45) is 0 Å². The SMILES string of the molecule is CC(=O)N[C@@H]1[C@@H](NC(C)=O)[C@@H](O)[C@@H](C(=O)O)O[C@@H]1O. The third kappa shape index (κ3) is 3.63. The van der Waals surface area contributed by atoms with Gasteiger partial charge in [0.15, 0.2) is 12.4 Å². The van der Waals surface area contributed by atoms with E-state index in [2.05, 4.69) is 10.6 Å². The van der Waals surface area contributed by atoms with Gasteiger partial charge in [-0.3, -0.25) is 9.59 Å². The van der Waals surface area contributed by atoms with Crippen molar-refractivity contribution in [2.75, 3.05) is 0 Å². The molecule has 0 aromatic heterocycles. The third-order valence-corrected chi connectivity index (χ3v) is 2.64. The van der Waals surface area contributed by atoms with E-state index in [1.165, 1.54) is 6.92 Å². The van der Waals surface area contributed by atoms with Crippen LogP contribution in [-0.4, -0.2) is 63.7 Å². The van der Waals surface area contributed by atoms with E-state index >= 15 is 0 Å². The maximum atomic E-state index is 11.1. The minimum absolute atomic E-state index is 0.524. The lowest BCUT2D eigenvalue weighted by Gasteiger charge is -2.41. The van der Waals surface area contributed by atoms with Gasteiger partial charge in [-0.25, -0.2) is 4.79 Å². The Balaban J connectivity index is 2.98. The molecule has 0 saturated carbocycles. The molecule has 5 N–H and O–H groups in total. The highest BCUT2D eigenvalue weighted by Crippen LogP contribution is 2.20. The molecule has 0 bridgehead atoms. The second-order valence-electron chi connectivity index (χ2n) is 4.23. The van der Waals surface area contributed by atoms with Gasteiger partial charge in [-0.2, -0.15) is 0 Å². The smallest absolute Gasteiger partial charge is 0.335 e. The fourth-order valence-corrected chi connectivity index (χ4v) is 1.90. The Morgan fingerprint density at radius 1 is 1.00 bits per heavy atom. The minimum Gasteiger partial charge on any atom is -0.479 e. The first-order valence-corrected chi connectivity index (χ1v) is 5.52. The molecular formula is C10H16N2O7. The minimum atomic E-state index is -1.70. The monoisotopic (exact) mass is 276 g/mol. The zero-order valence-corrected chi connectivity index (χ0v) is 10.4. The molecule has 1 aliphatic rings. The van der Waals surface area contributed by atoms with E-state index in [4.69, 9.17) is 9.84 Å². The Kier molecular flexibility index (Phi) is 4.81. The van der Waals surface area contributed by atoms with Gasteiger partial charge in [-0.1, -0.05) is 0 Å². The fourth-order valence-electron chi connectivity index (χ4n) is 1.90. The highest BCUT2D eigenvalue weighted by atomic mass is 16.6. The van der Waals surface area contributed by atoms with E-state index in [1.54, 1.807) is 0 Å². The average Bonchev–Trinajstić information content (AvgIpc) is 2.26. The van der Waals surface area contributed by atoms with Crippen LogP contribution < -0.4 is 10.6 Å². The number of amides is 2. The van der Waals surface area contributed by atoms with Crippen LogP contribution in [0.2, 0.25) is 0 Å². The molecule has 2 amide bonds. The molecule has 1 fully saturated rings. The van der Waals surface area contributed by atoms with Gasteiger partial charge in [0.05, 0.1) is 6.04 Å². The maximum Gasteiger partial charge on any atom is 0.335 e. The van der Waals surface area contributed by atoms with Crippen molar-refractivity contribution < 1.29 is 34.4 Å². The normalized spacial score (nSPS) is 34.4. The van der Waals surface area contributed by atoms with Gasteiger partial charge < -0.3 is 30.7 Å². The molecule has 5 atom stereocenters. The average molecular weight is 276 g/mol. The van der Waals surface area contributed by atoms with Crippen LogP contribution >= 0.6 is 0 Å². The molecule has 19 heavy (non-hydrogen) atoms. The van der Waals surface area contributed by atoms with Crippen LogP contribution in [0, 0.1) is 0 Å². The van der Waals surface area contributed by atoms with Crippen molar-refractivity contribution in [1.82, 2.24) is 10.6 Å². The summed E-state index contributed by atoms with van der Waals surface area (Å²) in [6.45, 7) is 2.34. The van der Waals surface area contributed by atoms with Crippen LogP contribution in [0.1, 0.15) is 13.8 Å². The van der Waals surface area contributed by atoms with Gasteiger partial charge >= 0.3 is 5.97 Å².